The average Bonchev–Trinajstić information content (AvgIpc) is 2.64. The minimum Gasteiger partial charge on any atom is -0.312 e. The Morgan fingerprint density at radius 2 is 1.75 bits per heavy atom. The van der Waals surface area contributed by atoms with Crippen molar-refractivity contribution in [3.8, 4) is 11.3 Å². The molecule has 84 valence electrons. The Labute approximate surface area is 99.0 Å². The van der Waals surface area contributed by atoms with Crippen molar-refractivity contribution in [3.05, 3.63) is 44.9 Å². The van der Waals surface area contributed by atoms with Crippen LogP contribution < -0.4 is 4.87 Å². The van der Waals surface area contributed by atoms with Gasteiger partial charge in [0.1, 0.15) is 0 Å². The second-order valence-electron chi connectivity index (χ2n) is 4.89. The zero-order chi connectivity index (χ0) is 11.8. The highest BCUT2D eigenvalue weighted by molar-refractivity contribution is 7.07. The molecule has 1 aromatic carbocycles. The predicted octanol–water partition coefficient (Wildman–Crippen LogP) is 3.40. The lowest BCUT2D eigenvalue weighted by atomic mass is 9.86. The number of hydrogen-bond donors (Lipinski definition) is 1. The molecule has 0 spiro atoms. The van der Waals surface area contributed by atoms with E-state index in [1.807, 2.05) is 5.38 Å². The van der Waals surface area contributed by atoms with Crippen LogP contribution in [0.1, 0.15) is 26.3 Å². The Balaban J connectivity index is 2.36. The molecule has 0 saturated heterocycles. The van der Waals surface area contributed by atoms with Gasteiger partial charge in [-0.2, -0.15) is 0 Å². The maximum atomic E-state index is 11.1. The fourth-order valence-electron chi connectivity index (χ4n) is 1.57. The Kier molecular flexibility index (Phi) is 2.72. The first-order chi connectivity index (χ1) is 7.47. The highest BCUT2D eigenvalue weighted by Gasteiger charge is 2.13. The second kappa shape index (κ2) is 3.91. The standard InChI is InChI=1S/C13H15NOS/c1-13(2,3)10-6-4-9(5-7-10)11-8-16-12(15)14-11/h4-8H,1-3H3,(H,14,15). The largest absolute Gasteiger partial charge is 0.312 e. The van der Waals surface area contributed by atoms with Crippen LogP contribution in [0.25, 0.3) is 11.3 Å². The van der Waals surface area contributed by atoms with E-state index in [1.165, 1.54) is 16.9 Å². The van der Waals surface area contributed by atoms with Crippen LogP contribution in [0.3, 0.4) is 0 Å². The molecule has 2 aromatic rings. The van der Waals surface area contributed by atoms with Gasteiger partial charge in [0.05, 0.1) is 5.69 Å². The first-order valence-corrected chi connectivity index (χ1v) is 6.13. The van der Waals surface area contributed by atoms with Crippen molar-refractivity contribution in [3.63, 3.8) is 0 Å². The molecule has 0 aliphatic rings. The summed E-state index contributed by atoms with van der Waals surface area (Å²) >= 11 is 1.20. The lowest BCUT2D eigenvalue weighted by Crippen LogP contribution is -2.10. The molecular formula is C13H15NOS. The van der Waals surface area contributed by atoms with Crippen molar-refractivity contribution in [2.75, 3.05) is 0 Å². The predicted molar refractivity (Wildman–Crippen MR) is 69.1 cm³/mol. The smallest absolute Gasteiger partial charge is 0.304 e. The molecule has 16 heavy (non-hydrogen) atoms. The van der Waals surface area contributed by atoms with Gasteiger partial charge in [-0.05, 0) is 16.5 Å². The first kappa shape index (κ1) is 11.1. The zero-order valence-corrected chi connectivity index (χ0v) is 10.5. The van der Waals surface area contributed by atoms with E-state index in [4.69, 9.17) is 0 Å². The van der Waals surface area contributed by atoms with E-state index in [9.17, 15) is 4.79 Å². The minimum atomic E-state index is -0.00472. The summed E-state index contributed by atoms with van der Waals surface area (Å²) in [5, 5.41) is 1.86. The van der Waals surface area contributed by atoms with Gasteiger partial charge < -0.3 is 4.98 Å². The number of thiazole rings is 1. The second-order valence-corrected chi connectivity index (χ2v) is 5.73. The third kappa shape index (κ3) is 2.25. The van der Waals surface area contributed by atoms with Crippen LogP contribution in [0.5, 0.6) is 0 Å². The van der Waals surface area contributed by atoms with Crippen LogP contribution in [0.2, 0.25) is 0 Å². The number of H-pyrrole nitrogens is 1. The molecule has 0 aliphatic carbocycles. The van der Waals surface area contributed by atoms with Gasteiger partial charge in [0, 0.05) is 5.38 Å². The van der Waals surface area contributed by atoms with Crippen molar-refractivity contribution in [1.29, 1.82) is 0 Å². The van der Waals surface area contributed by atoms with Crippen LogP contribution in [-0.4, -0.2) is 4.98 Å². The van der Waals surface area contributed by atoms with Gasteiger partial charge in [-0.1, -0.05) is 56.4 Å². The molecule has 2 rings (SSSR count). The van der Waals surface area contributed by atoms with Crippen LogP contribution in [0.15, 0.2) is 34.4 Å². The molecule has 2 nitrogen and oxygen atoms in total. The topological polar surface area (TPSA) is 32.9 Å². The Hall–Kier alpha value is -1.35. The monoisotopic (exact) mass is 233 g/mol. The van der Waals surface area contributed by atoms with Crippen LogP contribution in [-0.2, 0) is 5.41 Å². The number of rotatable bonds is 1. The van der Waals surface area contributed by atoms with Crippen molar-refractivity contribution < 1.29 is 0 Å². The van der Waals surface area contributed by atoms with Crippen LogP contribution in [0, 0.1) is 0 Å². The summed E-state index contributed by atoms with van der Waals surface area (Å²) in [4.78, 5) is 13.9. The maximum absolute atomic E-state index is 11.1. The van der Waals surface area contributed by atoms with E-state index < -0.39 is 0 Å². The van der Waals surface area contributed by atoms with E-state index in [1.54, 1.807) is 0 Å². The lowest BCUT2D eigenvalue weighted by molar-refractivity contribution is 0.590. The Morgan fingerprint density at radius 1 is 1.12 bits per heavy atom. The fraction of sp³-hybridized carbons (Fsp3) is 0.308. The van der Waals surface area contributed by atoms with Gasteiger partial charge in [0.25, 0.3) is 0 Å². The summed E-state index contributed by atoms with van der Waals surface area (Å²) in [6.07, 6.45) is 0. The quantitative estimate of drug-likeness (QED) is 0.804. The summed E-state index contributed by atoms with van der Waals surface area (Å²) in [6.45, 7) is 6.57. The number of aromatic amines is 1. The maximum Gasteiger partial charge on any atom is 0.304 e. The number of benzene rings is 1. The third-order valence-electron chi connectivity index (χ3n) is 2.58. The van der Waals surface area contributed by atoms with Crippen molar-refractivity contribution in [1.82, 2.24) is 4.98 Å². The summed E-state index contributed by atoms with van der Waals surface area (Å²) in [5.74, 6) is 0. The molecule has 0 fully saturated rings. The zero-order valence-electron chi connectivity index (χ0n) is 9.70. The molecule has 1 aromatic heterocycles. The van der Waals surface area contributed by atoms with E-state index in [-0.39, 0.29) is 10.3 Å². The third-order valence-corrected chi connectivity index (χ3v) is 3.25. The Bertz CT molecular complexity index is 528. The minimum absolute atomic E-state index is 0.00472. The van der Waals surface area contributed by atoms with Crippen molar-refractivity contribution >= 4 is 11.3 Å². The summed E-state index contributed by atoms with van der Waals surface area (Å²) < 4.78 is 0. The van der Waals surface area contributed by atoms with Gasteiger partial charge in [-0.15, -0.1) is 0 Å². The molecule has 0 bridgehead atoms. The SMILES string of the molecule is CC(C)(C)c1ccc(-c2csc(=O)[nH]2)cc1. The van der Waals surface area contributed by atoms with Gasteiger partial charge in [0.2, 0.25) is 0 Å². The Morgan fingerprint density at radius 3 is 2.19 bits per heavy atom. The average molecular weight is 233 g/mol. The summed E-state index contributed by atoms with van der Waals surface area (Å²) in [5.41, 5.74) is 3.43. The molecule has 0 atom stereocenters. The lowest BCUT2D eigenvalue weighted by Gasteiger charge is -2.18. The summed E-state index contributed by atoms with van der Waals surface area (Å²) in [6, 6.07) is 8.34. The molecule has 0 saturated carbocycles. The van der Waals surface area contributed by atoms with Gasteiger partial charge >= 0.3 is 4.87 Å². The molecule has 0 amide bonds. The van der Waals surface area contributed by atoms with E-state index >= 15 is 0 Å². The molecule has 0 unspecified atom stereocenters. The van der Waals surface area contributed by atoms with Crippen molar-refractivity contribution in [2.45, 2.75) is 26.2 Å². The van der Waals surface area contributed by atoms with Gasteiger partial charge in [-0.25, -0.2) is 0 Å². The van der Waals surface area contributed by atoms with Gasteiger partial charge in [-0.3, -0.25) is 4.79 Å². The molecule has 0 aliphatic heterocycles. The number of aromatic nitrogens is 1. The van der Waals surface area contributed by atoms with E-state index in [2.05, 4.69) is 50.0 Å². The normalized spacial score (nSPS) is 11.7. The van der Waals surface area contributed by atoms with Crippen LogP contribution >= 0.6 is 11.3 Å². The fourth-order valence-corrected chi connectivity index (χ4v) is 2.16. The molecule has 1 N–H and O–H groups in total. The molecule has 3 heteroatoms. The summed E-state index contributed by atoms with van der Waals surface area (Å²) in [7, 11) is 0. The molecular weight excluding hydrogens is 218 g/mol. The van der Waals surface area contributed by atoms with E-state index in [0.29, 0.717) is 0 Å². The van der Waals surface area contributed by atoms with Gasteiger partial charge in [0.15, 0.2) is 0 Å². The van der Waals surface area contributed by atoms with E-state index in [0.717, 1.165) is 11.3 Å². The molecule has 1 heterocycles. The van der Waals surface area contributed by atoms with Crippen molar-refractivity contribution in [2.24, 2.45) is 0 Å². The number of nitrogens with one attached hydrogen (secondary N) is 1. The first-order valence-electron chi connectivity index (χ1n) is 5.25. The number of hydrogen-bond acceptors (Lipinski definition) is 2. The molecule has 0 radical (unpaired) electrons. The van der Waals surface area contributed by atoms with Crippen LogP contribution in [0.4, 0.5) is 0 Å². The highest BCUT2D eigenvalue weighted by atomic mass is 32.1. The highest BCUT2D eigenvalue weighted by Crippen LogP contribution is 2.25.